The monoisotopic (exact) mass is 457 g/mol. The van der Waals surface area contributed by atoms with Crippen LogP contribution in [0.5, 0.6) is 0 Å². The second-order valence-electron chi connectivity index (χ2n) is 7.24. The molecule has 3 heterocycles. The van der Waals surface area contributed by atoms with Crippen LogP contribution in [0.1, 0.15) is 16.0 Å². The molecule has 0 aliphatic rings. The lowest BCUT2D eigenvalue weighted by Gasteiger charge is -2.21. The fraction of sp³-hybridized carbons (Fsp3) is 0.120. The first-order chi connectivity index (χ1) is 16.2. The quantitative estimate of drug-likeness (QED) is 0.356. The molecule has 164 valence electrons. The van der Waals surface area contributed by atoms with Gasteiger partial charge in [0.1, 0.15) is 16.8 Å². The number of carbonyl (C=O) groups excluding carboxylic acids is 1. The summed E-state index contributed by atoms with van der Waals surface area (Å²) in [6.45, 7) is 0.820. The van der Waals surface area contributed by atoms with Crippen molar-refractivity contribution in [3.05, 3.63) is 94.2 Å². The molecule has 8 heteroatoms. The number of pyridine rings is 2. The maximum absolute atomic E-state index is 13.5. The highest BCUT2D eigenvalue weighted by molar-refractivity contribution is 7.11. The van der Waals surface area contributed by atoms with Crippen LogP contribution in [0, 0.1) is 17.1 Å². The summed E-state index contributed by atoms with van der Waals surface area (Å²) in [5, 5.41) is 14.5. The number of anilines is 2. The lowest BCUT2D eigenvalue weighted by molar-refractivity contribution is -0.107. The second kappa shape index (κ2) is 10.5. The first-order valence-electron chi connectivity index (χ1n) is 10.3. The summed E-state index contributed by atoms with van der Waals surface area (Å²) in [6, 6.07) is 17.8. The molecule has 3 aromatic heterocycles. The number of thiophene rings is 1. The summed E-state index contributed by atoms with van der Waals surface area (Å²) in [6.07, 6.45) is 4.72. The third-order valence-electron chi connectivity index (χ3n) is 5.02. The van der Waals surface area contributed by atoms with Crippen molar-refractivity contribution in [3.63, 3.8) is 0 Å². The largest absolute Gasteiger partial charge is 0.368 e. The molecule has 0 fully saturated rings. The summed E-state index contributed by atoms with van der Waals surface area (Å²) in [5.74, 6) is 0.230. The molecule has 1 amide bonds. The molecular formula is C25H20FN5OS. The van der Waals surface area contributed by atoms with Crippen LogP contribution >= 0.6 is 11.3 Å². The van der Waals surface area contributed by atoms with Gasteiger partial charge >= 0.3 is 0 Å². The van der Waals surface area contributed by atoms with Gasteiger partial charge in [0.05, 0.1) is 17.9 Å². The maximum atomic E-state index is 13.5. The first kappa shape index (κ1) is 22.1. The molecule has 0 radical (unpaired) electrons. The highest BCUT2D eigenvalue weighted by Gasteiger charge is 2.16. The van der Waals surface area contributed by atoms with Gasteiger partial charge in [-0.15, -0.1) is 11.3 Å². The van der Waals surface area contributed by atoms with E-state index in [2.05, 4.69) is 16.4 Å². The van der Waals surface area contributed by atoms with Crippen molar-refractivity contribution in [1.29, 1.82) is 5.26 Å². The number of halogens is 1. The van der Waals surface area contributed by atoms with Crippen LogP contribution < -0.4 is 10.2 Å². The van der Waals surface area contributed by atoms with Crippen molar-refractivity contribution in [2.75, 3.05) is 16.8 Å². The number of nitriles is 1. The molecular weight excluding hydrogens is 437 g/mol. The minimum absolute atomic E-state index is 0.279. The Kier molecular flexibility index (Phi) is 7.03. The minimum Gasteiger partial charge on any atom is -0.368 e. The average Bonchev–Trinajstić information content (AvgIpc) is 3.32. The van der Waals surface area contributed by atoms with E-state index in [9.17, 15) is 14.4 Å². The molecule has 0 unspecified atom stereocenters. The SMILES string of the molecule is N#Cc1sccc1-c1ccc(N(C=O)Cc2cccnc2)c(NCCc2cccc(F)c2)n1. The van der Waals surface area contributed by atoms with Crippen LogP contribution in [-0.2, 0) is 17.8 Å². The van der Waals surface area contributed by atoms with E-state index in [-0.39, 0.29) is 5.82 Å². The highest BCUT2D eigenvalue weighted by Crippen LogP contribution is 2.32. The Morgan fingerprint density at radius 3 is 2.79 bits per heavy atom. The zero-order valence-corrected chi connectivity index (χ0v) is 18.4. The molecule has 0 aliphatic heterocycles. The molecule has 33 heavy (non-hydrogen) atoms. The number of rotatable bonds is 9. The minimum atomic E-state index is -0.279. The Bertz CT molecular complexity index is 1290. The van der Waals surface area contributed by atoms with Gasteiger partial charge in [-0.2, -0.15) is 5.26 Å². The molecule has 4 rings (SSSR count). The zero-order valence-electron chi connectivity index (χ0n) is 17.6. The third-order valence-corrected chi connectivity index (χ3v) is 5.84. The number of nitrogens with one attached hydrogen (secondary N) is 1. The van der Waals surface area contributed by atoms with E-state index >= 15 is 0 Å². The number of carbonyl (C=O) groups is 1. The van der Waals surface area contributed by atoms with Crippen LogP contribution in [0.3, 0.4) is 0 Å². The Labute approximate surface area is 195 Å². The van der Waals surface area contributed by atoms with Crippen LogP contribution in [0.25, 0.3) is 11.3 Å². The molecule has 6 nitrogen and oxygen atoms in total. The van der Waals surface area contributed by atoms with Crippen molar-refractivity contribution in [2.24, 2.45) is 0 Å². The third kappa shape index (κ3) is 5.40. The molecule has 1 aromatic carbocycles. The van der Waals surface area contributed by atoms with Crippen molar-refractivity contribution in [2.45, 2.75) is 13.0 Å². The molecule has 1 N–H and O–H groups in total. The number of nitrogens with zero attached hydrogens (tertiary/aromatic N) is 4. The fourth-order valence-electron chi connectivity index (χ4n) is 3.45. The smallest absolute Gasteiger partial charge is 0.214 e. The summed E-state index contributed by atoms with van der Waals surface area (Å²) in [4.78, 5) is 22.9. The van der Waals surface area contributed by atoms with Crippen LogP contribution in [0.2, 0.25) is 0 Å². The Balaban J connectivity index is 1.64. The van der Waals surface area contributed by atoms with Gasteiger partial charge in [0.15, 0.2) is 5.82 Å². The average molecular weight is 458 g/mol. The Hall–Kier alpha value is -4.09. The zero-order chi connectivity index (χ0) is 23.0. The lowest BCUT2D eigenvalue weighted by atomic mass is 10.1. The molecule has 0 bridgehead atoms. The van der Waals surface area contributed by atoms with Crippen molar-refractivity contribution in [1.82, 2.24) is 9.97 Å². The molecule has 0 atom stereocenters. The first-order valence-corrected chi connectivity index (χ1v) is 11.1. The van der Waals surface area contributed by atoms with E-state index < -0.39 is 0 Å². The van der Waals surface area contributed by atoms with Gasteiger partial charge in [0.2, 0.25) is 6.41 Å². The summed E-state index contributed by atoms with van der Waals surface area (Å²) in [5.41, 5.74) is 3.71. The molecule has 0 spiro atoms. The number of aromatic nitrogens is 2. The van der Waals surface area contributed by atoms with Crippen LogP contribution in [-0.4, -0.2) is 22.9 Å². The van der Waals surface area contributed by atoms with Gasteiger partial charge in [-0.25, -0.2) is 9.37 Å². The summed E-state index contributed by atoms with van der Waals surface area (Å²) >= 11 is 1.35. The number of hydrogen-bond acceptors (Lipinski definition) is 6. The van der Waals surface area contributed by atoms with Gasteiger partial charge in [-0.05, 0) is 59.3 Å². The summed E-state index contributed by atoms with van der Waals surface area (Å²) in [7, 11) is 0. The maximum Gasteiger partial charge on any atom is 0.214 e. The predicted octanol–water partition coefficient (Wildman–Crippen LogP) is 5.03. The van der Waals surface area contributed by atoms with E-state index in [1.165, 1.54) is 23.5 Å². The molecule has 0 saturated heterocycles. The highest BCUT2D eigenvalue weighted by atomic mass is 32.1. The standard InChI is InChI=1S/C25H20FN5OS/c26-20-5-1-3-18(13-20)8-11-29-25-23(31(17-32)16-19-4-2-10-28-15-19)7-6-22(30-25)21-9-12-33-24(21)14-27/h1-7,9-10,12-13,15,17H,8,11,16H2,(H,29,30). The van der Waals surface area contributed by atoms with Gasteiger partial charge in [0.25, 0.3) is 0 Å². The lowest BCUT2D eigenvalue weighted by Crippen LogP contribution is -2.23. The second-order valence-corrected chi connectivity index (χ2v) is 8.16. The van der Waals surface area contributed by atoms with E-state index in [1.807, 2.05) is 35.7 Å². The summed E-state index contributed by atoms with van der Waals surface area (Å²) < 4.78 is 13.5. The normalized spacial score (nSPS) is 10.4. The number of benzene rings is 1. The van der Waals surface area contributed by atoms with E-state index in [0.717, 1.165) is 23.1 Å². The van der Waals surface area contributed by atoms with Gasteiger partial charge in [-0.3, -0.25) is 9.78 Å². The van der Waals surface area contributed by atoms with Crippen molar-refractivity contribution >= 4 is 29.3 Å². The van der Waals surface area contributed by atoms with E-state index in [0.29, 0.717) is 41.6 Å². The molecule has 0 aliphatic carbocycles. The predicted molar refractivity (Wildman–Crippen MR) is 127 cm³/mol. The van der Waals surface area contributed by atoms with Gasteiger partial charge in [-0.1, -0.05) is 18.2 Å². The van der Waals surface area contributed by atoms with Crippen LogP contribution in [0.15, 0.2) is 72.4 Å². The van der Waals surface area contributed by atoms with Gasteiger partial charge < -0.3 is 10.2 Å². The topological polar surface area (TPSA) is 81.9 Å². The van der Waals surface area contributed by atoms with Crippen LogP contribution in [0.4, 0.5) is 15.9 Å². The number of amides is 1. The molecule has 0 saturated carbocycles. The van der Waals surface area contributed by atoms with E-state index in [4.69, 9.17) is 4.98 Å². The van der Waals surface area contributed by atoms with E-state index in [1.54, 1.807) is 29.4 Å². The number of hydrogen-bond donors (Lipinski definition) is 1. The Morgan fingerprint density at radius 2 is 2.03 bits per heavy atom. The Morgan fingerprint density at radius 1 is 1.15 bits per heavy atom. The van der Waals surface area contributed by atoms with Gasteiger partial charge in [0, 0.05) is 24.5 Å². The fourth-order valence-corrected chi connectivity index (χ4v) is 4.14. The molecule has 4 aromatic rings. The van der Waals surface area contributed by atoms with Crippen molar-refractivity contribution < 1.29 is 9.18 Å². The van der Waals surface area contributed by atoms with Crippen molar-refractivity contribution in [3.8, 4) is 17.3 Å².